The van der Waals surface area contributed by atoms with E-state index in [4.69, 9.17) is 11.6 Å². The number of carbonyl (C=O) groups excluding carboxylic acids is 2. The Morgan fingerprint density at radius 2 is 1.45 bits per heavy atom. The van der Waals surface area contributed by atoms with Crippen LogP contribution < -0.4 is 10.6 Å². The number of halogens is 7. The number of benzene rings is 3. The number of nitrogens with one attached hydrogen (secondary N) is 2. The van der Waals surface area contributed by atoms with Crippen LogP contribution in [0.15, 0.2) is 72.8 Å². The van der Waals surface area contributed by atoms with Gasteiger partial charge in [-0.15, -0.1) is 10.2 Å². The molecule has 14 heteroatoms. The molecule has 4 rings (SSSR count). The molecule has 0 aliphatic rings. The lowest BCUT2D eigenvalue weighted by atomic mass is 10.0. The van der Waals surface area contributed by atoms with Crippen LogP contribution in [0.25, 0.3) is 10.6 Å². The molecule has 1 aromatic heterocycles. The molecule has 6 nitrogen and oxygen atoms in total. The van der Waals surface area contributed by atoms with Gasteiger partial charge in [0.25, 0.3) is 5.91 Å². The maximum Gasteiger partial charge on any atom is 0.416 e. The minimum Gasteiger partial charge on any atom is -0.340 e. The molecule has 4 aromatic rings. The highest BCUT2D eigenvalue weighted by molar-refractivity contribution is 7.18. The van der Waals surface area contributed by atoms with E-state index in [0.717, 1.165) is 11.3 Å². The maximum absolute atomic E-state index is 13.3. The molecule has 0 unspecified atom stereocenters. The maximum atomic E-state index is 13.3. The average molecular weight is 599 g/mol. The Balaban J connectivity index is 1.60. The molecule has 0 saturated carbocycles. The Labute approximate surface area is 232 Å². The number of aromatic nitrogens is 2. The van der Waals surface area contributed by atoms with E-state index in [2.05, 4.69) is 20.8 Å². The second kappa shape index (κ2) is 11.6. The Bertz CT molecular complexity index is 1480. The molecule has 208 valence electrons. The van der Waals surface area contributed by atoms with Crippen molar-refractivity contribution in [1.82, 2.24) is 15.5 Å². The SMILES string of the molecule is O=C(N[C@@H](Cc1ccccc1)C(=O)Nc1nnc(-c2ccc(Cl)cc2)s1)c1cc(C(F)(F)F)cc(C(F)(F)F)c1. The third-order valence-corrected chi connectivity index (χ3v) is 6.64. The van der Waals surface area contributed by atoms with Crippen molar-refractivity contribution in [2.45, 2.75) is 24.8 Å². The van der Waals surface area contributed by atoms with E-state index in [0.29, 0.717) is 33.3 Å². The summed E-state index contributed by atoms with van der Waals surface area (Å²) in [6.45, 7) is 0. The van der Waals surface area contributed by atoms with Gasteiger partial charge in [-0.3, -0.25) is 14.9 Å². The number of amides is 2. The normalized spacial score (nSPS) is 12.6. The number of hydrogen-bond donors (Lipinski definition) is 2. The largest absolute Gasteiger partial charge is 0.416 e. The molecule has 1 atom stereocenters. The molecule has 0 saturated heterocycles. The molecule has 2 amide bonds. The predicted molar refractivity (Wildman–Crippen MR) is 137 cm³/mol. The number of nitrogens with zero attached hydrogens (tertiary/aromatic N) is 2. The zero-order chi connectivity index (χ0) is 29.1. The topological polar surface area (TPSA) is 84.0 Å². The van der Waals surface area contributed by atoms with E-state index in [-0.39, 0.29) is 17.6 Å². The average Bonchev–Trinajstić information content (AvgIpc) is 3.36. The summed E-state index contributed by atoms with van der Waals surface area (Å²) in [6, 6.07) is 14.1. The van der Waals surface area contributed by atoms with E-state index >= 15 is 0 Å². The van der Waals surface area contributed by atoms with Crippen molar-refractivity contribution in [3.63, 3.8) is 0 Å². The first kappa shape index (κ1) is 29.0. The Morgan fingerprint density at radius 3 is 2.02 bits per heavy atom. The van der Waals surface area contributed by atoms with Gasteiger partial charge < -0.3 is 5.32 Å². The predicted octanol–water partition coefficient (Wildman–Crippen LogP) is 6.88. The summed E-state index contributed by atoms with van der Waals surface area (Å²) in [5.74, 6) is -2.11. The highest BCUT2D eigenvalue weighted by atomic mass is 35.5. The quantitative estimate of drug-likeness (QED) is 0.227. The molecular weight excluding hydrogens is 582 g/mol. The molecule has 0 fully saturated rings. The molecule has 0 aliphatic carbocycles. The molecule has 2 N–H and O–H groups in total. The first-order valence-corrected chi connectivity index (χ1v) is 12.5. The molecule has 0 bridgehead atoms. The van der Waals surface area contributed by atoms with Crippen LogP contribution in [0.5, 0.6) is 0 Å². The van der Waals surface area contributed by atoms with Crippen molar-refractivity contribution in [1.29, 1.82) is 0 Å². The molecule has 3 aromatic carbocycles. The van der Waals surface area contributed by atoms with Crippen molar-refractivity contribution >= 4 is 39.9 Å². The number of rotatable bonds is 7. The number of carbonyl (C=O) groups is 2. The minimum atomic E-state index is -5.14. The van der Waals surface area contributed by atoms with Crippen LogP contribution in [-0.4, -0.2) is 28.1 Å². The van der Waals surface area contributed by atoms with Crippen LogP contribution in [0.1, 0.15) is 27.0 Å². The first-order chi connectivity index (χ1) is 18.8. The van der Waals surface area contributed by atoms with Gasteiger partial charge in [0.15, 0.2) is 0 Å². The van der Waals surface area contributed by atoms with Crippen LogP contribution in [0.2, 0.25) is 5.02 Å². The first-order valence-electron chi connectivity index (χ1n) is 11.3. The summed E-state index contributed by atoms with van der Waals surface area (Å²) >= 11 is 6.90. The van der Waals surface area contributed by atoms with Crippen molar-refractivity contribution in [2.24, 2.45) is 0 Å². The molecular formula is C26H17ClF6N4O2S. The third kappa shape index (κ3) is 7.36. The summed E-state index contributed by atoms with van der Waals surface area (Å²) in [4.78, 5) is 26.1. The summed E-state index contributed by atoms with van der Waals surface area (Å²) in [5.41, 5.74) is -2.97. The highest BCUT2D eigenvalue weighted by Crippen LogP contribution is 2.36. The second-order valence-corrected chi connectivity index (χ2v) is 9.83. The van der Waals surface area contributed by atoms with Gasteiger partial charge in [0, 0.05) is 22.6 Å². The molecule has 0 radical (unpaired) electrons. The Hall–Kier alpha value is -3.97. The van der Waals surface area contributed by atoms with Gasteiger partial charge in [0.2, 0.25) is 11.0 Å². The van der Waals surface area contributed by atoms with Crippen molar-refractivity contribution in [2.75, 3.05) is 5.32 Å². The minimum absolute atomic E-state index is 0.0562. The van der Waals surface area contributed by atoms with Crippen LogP contribution >= 0.6 is 22.9 Å². The number of hydrogen-bond acceptors (Lipinski definition) is 5. The second-order valence-electron chi connectivity index (χ2n) is 8.42. The molecule has 0 spiro atoms. The van der Waals surface area contributed by atoms with E-state index in [1.165, 1.54) is 0 Å². The van der Waals surface area contributed by atoms with Gasteiger partial charge in [0.1, 0.15) is 11.0 Å². The lowest BCUT2D eigenvalue weighted by Gasteiger charge is -2.19. The highest BCUT2D eigenvalue weighted by Gasteiger charge is 2.38. The number of anilines is 1. The number of alkyl halides is 6. The van der Waals surface area contributed by atoms with Crippen LogP contribution in [0.4, 0.5) is 31.5 Å². The van der Waals surface area contributed by atoms with Crippen molar-refractivity contribution in [3.05, 3.63) is 100 Å². The van der Waals surface area contributed by atoms with Crippen molar-refractivity contribution < 1.29 is 35.9 Å². The molecule has 0 aliphatic heterocycles. The zero-order valence-corrected chi connectivity index (χ0v) is 21.6. The van der Waals surface area contributed by atoms with Gasteiger partial charge >= 0.3 is 12.4 Å². The van der Waals surface area contributed by atoms with Crippen LogP contribution in [0.3, 0.4) is 0 Å². The third-order valence-electron chi connectivity index (χ3n) is 5.50. The Kier molecular flexibility index (Phi) is 8.45. The van der Waals surface area contributed by atoms with Gasteiger partial charge in [-0.05, 0) is 35.9 Å². The summed E-state index contributed by atoms with van der Waals surface area (Å²) < 4.78 is 79.7. The molecule has 40 heavy (non-hydrogen) atoms. The Morgan fingerprint density at radius 1 is 0.850 bits per heavy atom. The van der Waals surface area contributed by atoms with Gasteiger partial charge in [-0.1, -0.05) is 65.4 Å². The van der Waals surface area contributed by atoms with Gasteiger partial charge in [-0.2, -0.15) is 26.3 Å². The zero-order valence-electron chi connectivity index (χ0n) is 20.0. The fourth-order valence-corrected chi connectivity index (χ4v) is 4.44. The standard InChI is InChI=1S/C26H17ClF6N4O2S/c27-19-8-6-15(7-9-19)23-36-37-24(40-23)35-22(39)20(10-14-4-2-1-3-5-14)34-21(38)16-11-17(25(28,29)30)13-18(12-16)26(31,32)33/h1-9,11-13,20H,10H2,(H,34,38)(H,35,37,39)/t20-/m0/s1. The summed E-state index contributed by atoms with van der Waals surface area (Å²) in [5, 5.41) is 13.7. The van der Waals surface area contributed by atoms with Crippen LogP contribution in [-0.2, 0) is 23.6 Å². The van der Waals surface area contributed by atoms with Crippen LogP contribution in [0, 0.1) is 0 Å². The monoisotopic (exact) mass is 598 g/mol. The fourth-order valence-electron chi connectivity index (χ4n) is 3.56. The van der Waals surface area contributed by atoms with Crippen molar-refractivity contribution in [3.8, 4) is 10.6 Å². The van der Waals surface area contributed by atoms with Gasteiger partial charge in [-0.25, -0.2) is 0 Å². The lowest BCUT2D eigenvalue weighted by Crippen LogP contribution is -2.45. The lowest BCUT2D eigenvalue weighted by molar-refractivity contribution is -0.143. The fraction of sp³-hybridized carbons (Fsp3) is 0.154. The summed E-state index contributed by atoms with van der Waals surface area (Å²) in [7, 11) is 0. The van der Waals surface area contributed by atoms with E-state index in [1.54, 1.807) is 54.6 Å². The smallest absolute Gasteiger partial charge is 0.340 e. The van der Waals surface area contributed by atoms with E-state index < -0.39 is 46.9 Å². The van der Waals surface area contributed by atoms with Gasteiger partial charge in [0.05, 0.1) is 11.1 Å². The van der Waals surface area contributed by atoms with E-state index in [1.807, 2.05) is 0 Å². The van der Waals surface area contributed by atoms with E-state index in [9.17, 15) is 35.9 Å². The molecule has 1 heterocycles. The summed E-state index contributed by atoms with van der Waals surface area (Å²) in [6.07, 6.45) is -10.4.